The Balaban J connectivity index is 4.28. The molecule has 0 aliphatic rings. The third-order valence-electron chi connectivity index (χ3n) is 14.6. The maximum atomic E-state index is 12.9. The van der Waals surface area contributed by atoms with Crippen molar-refractivity contribution in [3.05, 3.63) is 0 Å². The monoisotopic (exact) mass is 961 g/mol. The van der Waals surface area contributed by atoms with Gasteiger partial charge in [0.25, 0.3) is 0 Å². The Morgan fingerprint density at radius 3 is 0.838 bits per heavy atom. The van der Waals surface area contributed by atoms with Gasteiger partial charge in [0.05, 0.1) is 0 Å². The van der Waals surface area contributed by atoms with Crippen LogP contribution in [-0.4, -0.2) is 37.2 Å². The van der Waals surface area contributed by atoms with Gasteiger partial charge in [0.15, 0.2) is 6.10 Å². The minimum atomic E-state index is -0.763. The molecule has 0 aromatic rings. The van der Waals surface area contributed by atoms with E-state index in [1.807, 2.05) is 0 Å². The van der Waals surface area contributed by atoms with E-state index in [2.05, 4.69) is 34.6 Å². The number of carbonyl (C=O) groups excluding carboxylic acids is 3. The number of hydrogen-bond acceptors (Lipinski definition) is 6. The zero-order chi connectivity index (χ0) is 49.6. The molecule has 0 N–H and O–H groups in total. The Morgan fingerprint density at radius 2 is 0.559 bits per heavy atom. The number of carbonyl (C=O) groups is 3. The standard InChI is InChI=1S/C62H120O6/c1-6-8-9-10-11-12-13-14-15-16-20-23-26-32-37-42-47-52-60(63)66-55-59(68-62(65)54-49-44-39-34-29-28-31-36-41-46-51-58(5)7-2)56-67-61(64)53-48-43-38-33-27-24-21-18-17-19-22-25-30-35-40-45-50-57(3)4/h57-59H,6-56H2,1-5H3/t58?,59-/m0/s1. The smallest absolute Gasteiger partial charge is 0.306 e. The van der Waals surface area contributed by atoms with Crippen molar-refractivity contribution in [2.75, 3.05) is 13.2 Å². The number of esters is 3. The number of rotatable bonds is 56. The molecular formula is C62H120O6. The first-order valence-corrected chi connectivity index (χ1v) is 30.8. The van der Waals surface area contributed by atoms with Crippen molar-refractivity contribution in [2.45, 2.75) is 355 Å². The summed E-state index contributed by atoms with van der Waals surface area (Å²) in [6.45, 7) is 11.5. The molecule has 6 nitrogen and oxygen atoms in total. The Morgan fingerprint density at radius 1 is 0.309 bits per heavy atom. The Hall–Kier alpha value is -1.59. The average molecular weight is 962 g/mol. The molecule has 6 heteroatoms. The van der Waals surface area contributed by atoms with Gasteiger partial charge in [0, 0.05) is 19.3 Å². The molecule has 68 heavy (non-hydrogen) atoms. The lowest BCUT2D eigenvalue weighted by Crippen LogP contribution is -2.30. The third-order valence-corrected chi connectivity index (χ3v) is 14.6. The first kappa shape index (κ1) is 66.4. The molecule has 2 atom stereocenters. The summed E-state index contributed by atoms with van der Waals surface area (Å²) in [5.74, 6) is 0.885. The molecule has 0 bridgehead atoms. The molecule has 0 aromatic carbocycles. The van der Waals surface area contributed by atoms with E-state index in [1.54, 1.807) is 0 Å². The molecule has 404 valence electrons. The minimum absolute atomic E-state index is 0.0624. The first-order chi connectivity index (χ1) is 33.3. The van der Waals surface area contributed by atoms with Gasteiger partial charge in [-0.25, -0.2) is 0 Å². The maximum Gasteiger partial charge on any atom is 0.306 e. The zero-order valence-corrected chi connectivity index (χ0v) is 46.7. The molecule has 0 aromatic heterocycles. The fraction of sp³-hybridized carbons (Fsp3) is 0.952. The van der Waals surface area contributed by atoms with Gasteiger partial charge >= 0.3 is 17.9 Å². The quantitative estimate of drug-likeness (QED) is 0.0343. The van der Waals surface area contributed by atoms with E-state index in [9.17, 15) is 14.4 Å². The van der Waals surface area contributed by atoms with Crippen molar-refractivity contribution >= 4 is 17.9 Å². The second-order valence-electron chi connectivity index (χ2n) is 22.1. The molecule has 0 aliphatic heterocycles. The van der Waals surface area contributed by atoms with Crippen LogP contribution in [0.4, 0.5) is 0 Å². The lowest BCUT2D eigenvalue weighted by atomic mass is 9.99. The lowest BCUT2D eigenvalue weighted by molar-refractivity contribution is -0.167. The van der Waals surface area contributed by atoms with Crippen molar-refractivity contribution < 1.29 is 28.6 Å². The highest BCUT2D eigenvalue weighted by molar-refractivity contribution is 5.71. The number of hydrogen-bond donors (Lipinski definition) is 0. The van der Waals surface area contributed by atoms with Crippen molar-refractivity contribution in [2.24, 2.45) is 11.8 Å². The van der Waals surface area contributed by atoms with Gasteiger partial charge in [-0.3, -0.25) is 14.4 Å². The van der Waals surface area contributed by atoms with E-state index in [-0.39, 0.29) is 31.1 Å². The molecule has 0 amide bonds. The third kappa shape index (κ3) is 53.8. The average Bonchev–Trinajstić information content (AvgIpc) is 3.32. The normalized spacial score (nSPS) is 12.4. The SMILES string of the molecule is CCCCCCCCCCCCCCCCCCCC(=O)OC[C@@H](COC(=O)CCCCCCCCCCCCCCCCCCC(C)C)OC(=O)CCCCCCCCCCCCC(C)CC. The van der Waals surface area contributed by atoms with Crippen LogP contribution >= 0.6 is 0 Å². The topological polar surface area (TPSA) is 78.9 Å². The van der Waals surface area contributed by atoms with Crippen LogP contribution in [0.15, 0.2) is 0 Å². The molecule has 0 saturated heterocycles. The van der Waals surface area contributed by atoms with Crippen LogP contribution in [0.25, 0.3) is 0 Å². The van der Waals surface area contributed by atoms with Crippen molar-refractivity contribution in [3.63, 3.8) is 0 Å². The molecule has 0 heterocycles. The van der Waals surface area contributed by atoms with Crippen LogP contribution in [0.2, 0.25) is 0 Å². The summed E-state index contributed by atoms with van der Waals surface area (Å²) < 4.78 is 16.9. The zero-order valence-electron chi connectivity index (χ0n) is 46.7. The van der Waals surface area contributed by atoms with Crippen LogP contribution in [0.3, 0.4) is 0 Å². The highest BCUT2D eigenvalue weighted by Crippen LogP contribution is 2.19. The van der Waals surface area contributed by atoms with Crippen LogP contribution in [0.1, 0.15) is 349 Å². The lowest BCUT2D eigenvalue weighted by Gasteiger charge is -2.18. The summed E-state index contributed by atoms with van der Waals surface area (Å²) in [4.78, 5) is 38.2. The Kier molecular flexibility index (Phi) is 53.5. The van der Waals surface area contributed by atoms with Crippen molar-refractivity contribution in [1.29, 1.82) is 0 Å². The predicted octanol–water partition coefficient (Wildman–Crippen LogP) is 20.4. The fourth-order valence-electron chi connectivity index (χ4n) is 9.55. The second-order valence-corrected chi connectivity index (χ2v) is 22.1. The molecule has 0 radical (unpaired) electrons. The van der Waals surface area contributed by atoms with Crippen LogP contribution < -0.4 is 0 Å². The van der Waals surface area contributed by atoms with Crippen LogP contribution in [0, 0.1) is 11.8 Å². The molecular weight excluding hydrogens is 841 g/mol. The van der Waals surface area contributed by atoms with E-state index in [1.165, 1.54) is 238 Å². The molecule has 0 rings (SSSR count). The molecule has 0 spiro atoms. The van der Waals surface area contributed by atoms with Gasteiger partial charge < -0.3 is 14.2 Å². The van der Waals surface area contributed by atoms with Gasteiger partial charge in [-0.15, -0.1) is 0 Å². The van der Waals surface area contributed by atoms with Crippen molar-refractivity contribution in [1.82, 2.24) is 0 Å². The molecule has 0 aliphatic carbocycles. The van der Waals surface area contributed by atoms with E-state index < -0.39 is 6.10 Å². The summed E-state index contributed by atoms with van der Waals surface area (Å²) in [5.41, 5.74) is 0. The summed E-state index contributed by atoms with van der Waals surface area (Å²) in [5, 5.41) is 0. The number of unbranched alkanes of at least 4 members (excludes halogenated alkanes) is 40. The summed E-state index contributed by atoms with van der Waals surface area (Å²) in [7, 11) is 0. The highest BCUT2D eigenvalue weighted by atomic mass is 16.6. The molecule has 0 saturated carbocycles. The van der Waals surface area contributed by atoms with Gasteiger partial charge in [0.1, 0.15) is 13.2 Å². The molecule has 1 unspecified atom stereocenters. The number of ether oxygens (including phenoxy) is 3. The first-order valence-electron chi connectivity index (χ1n) is 30.8. The van der Waals surface area contributed by atoms with Crippen LogP contribution in [0.5, 0.6) is 0 Å². The Bertz CT molecular complexity index is 1040. The summed E-state index contributed by atoms with van der Waals surface area (Å²) in [6, 6.07) is 0. The van der Waals surface area contributed by atoms with E-state index in [0.29, 0.717) is 19.3 Å². The Labute approximate surface area is 425 Å². The van der Waals surface area contributed by atoms with Crippen LogP contribution in [-0.2, 0) is 28.6 Å². The highest BCUT2D eigenvalue weighted by Gasteiger charge is 2.19. The minimum Gasteiger partial charge on any atom is -0.462 e. The predicted molar refractivity (Wildman–Crippen MR) is 293 cm³/mol. The summed E-state index contributed by atoms with van der Waals surface area (Å²) in [6.07, 6.45) is 59.5. The van der Waals surface area contributed by atoms with E-state index >= 15 is 0 Å². The second kappa shape index (κ2) is 54.7. The fourth-order valence-corrected chi connectivity index (χ4v) is 9.55. The molecule has 0 fully saturated rings. The van der Waals surface area contributed by atoms with Crippen molar-refractivity contribution in [3.8, 4) is 0 Å². The van der Waals surface area contributed by atoms with Gasteiger partial charge in [-0.1, -0.05) is 311 Å². The summed E-state index contributed by atoms with van der Waals surface area (Å²) >= 11 is 0. The van der Waals surface area contributed by atoms with E-state index in [0.717, 1.165) is 69.6 Å². The largest absolute Gasteiger partial charge is 0.462 e. The van der Waals surface area contributed by atoms with Gasteiger partial charge in [-0.2, -0.15) is 0 Å². The maximum absolute atomic E-state index is 12.9. The van der Waals surface area contributed by atoms with Gasteiger partial charge in [0.2, 0.25) is 0 Å². The van der Waals surface area contributed by atoms with Gasteiger partial charge in [-0.05, 0) is 31.1 Å². The van der Waals surface area contributed by atoms with E-state index in [4.69, 9.17) is 14.2 Å².